The molecule has 2 heterocycles. The molecule has 0 bridgehead atoms. The topological polar surface area (TPSA) is 59.3 Å². The van der Waals surface area contributed by atoms with Crippen molar-refractivity contribution in [3.63, 3.8) is 0 Å². The molecule has 0 aliphatic carbocycles. The van der Waals surface area contributed by atoms with E-state index in [1.54, 1.807) is 12.4 Å². The Morgan fingerprint density at radius 2 is 2.10 bits per heavy atom. The van der Waals surface area contributed by atoms with Crippen molar-refractivity contribution in [1.29, 1.82) is 0 Å². The molecule has 2 aromatic heterocycles. The van der Waals surface area contributed by atoms with Gasteiger partial charge in [-0.3, -0.25) is 9.20 Å². The van der Waals surface area contributed by atoms with Crippen LogP contribution in [-0.4, -0.2) is 20.3 Å². The number of nitrogens with one attached hydrogen (secondary N) is 1. The van der Waals surface area contributed by atoms with Crippen molar-refractivity contribution in [3.8, 4) is 0 Å². The largest absolute Gasteiger partial charge is 0.352 e. The van der Waals surface area contributed by atoms with Crippen LogP contribution in [0, 0.1) is 0 Å². The average Bonchev–Trinajstić information content (AvgIpc) is 2.92. The van der Waals surface area contributed by atoms with Crippen LogP contribution in [0.1, 0.15) is 51.0 Å². The smallest absolute Gasteiger partial charge is 0.233 e. The number of hydrogen-bond donors (Lipinski definition) is 1. The Morgan fingerprint density at radius 1 is 1.25 bits per heavy atom. The minimum Gasteiger partial charge on any atom is -0.352 e. The molecule has 0 spiro atoms. The minimum absolute atomic E-state index is 0.118. The molecular formula is C15H22N4O. The van der Waals surface area contributed by atoms with Gasteiger partial charge in [-0.15, -0.1) is 0 Å². The molecule has 2 aromatic rings. The highest BCUT2D eigenvalue weighted by Crippen LogP contribution is 2.05. The number of carbonyl (C=O) groups excluding carboxylic acids is 1. The third-order valence-electron chi connectivity index (χ3n) is 3.30. The maximum Gasteiger partial charge on any atom is 0.233 e. The summed E-state index contributed by atoms with van der Waals surface area (Å²) in [7, 11) is 0. The van der Waals surface area contributed by atoms with Gasteiger partial charge in [-0.1, -0.05) is 32.6 Å². The standard InChI is InChI=1S/C15H22N4O/c1-2-3-4-5-6-7-14(20)17-10-13-11-18-15-16-8-9-19(15)12-13/h8-9,11-12H,2-7,10H2,1H3,(H,17,20). The van der Waals surface area contributed by atoms with Crippen molar-refractivity contribution < 1.29 is 4.79 Å². The number of rotatable bonds is 8. The number of fused-ring (bicyclic) bond motifs is 1. The number of amides is 1. The lowest BCUT2D eigenvalue weighted by atomic mass is 10.1. The molecule has 5 heteroatoms. The van der Waals surface area contributed by atoms with E-state index in [2.05, 4.69) is 22.2 Å². The van der Waals surface area contributed by atoms with Crippen molar-refractivity contribution in [1.82, 2.24) is 19.7 Å². The van der Waals surface area contributed by atoms with Gasteiger partial charge >= 0.3 is 0 Å². The van der Waals surface area contributed by atoms with E-state index in [0.717, 1.165) is 18.4 Å². The molecule has 0 atom stereocenters. The zero-order valence-corrected chi connectivity index (χ0v) is 12.0. The maximum atomic E-state index is 11.7. The van der Waals surface area contributed by atoms with Gasteiger partial charge < -0.3 is 5.32 Å². The molecule has 0 unspecified atom stereocenters. The summed E-state index contributed by atoms with van der Waals surface area (Å²) in [5, 5.41) is 2.93. The summed E-state index contributed by atoms with van der Waals surface area (Å²) in [5.41, 5.74) is 0.981. The summed E-state index contributed by atoms with van der Waals surface area (Å²) in [4.78, 5) is 20.0. The third kappa shape index (κ3) is 4.33. The van der Waals surface area contributed by atoms with Gasteiger partial charge in [0.15, 0.2) is 0 Å². The number of carbonyl (C=O) groups is 1. The van der Waals surface area contributed by atoms with Crippen LogP contribution in [0.4, 0.5) is 0 Å². The Morgan fingerprint density at radius 3 is 2.95 bits per heavy atom. The van der Waals surface area contributed by atoms with Crippen LogP contribution in [-0.2, 0) is 11.3 Å². The highest BCUT2D eigenvalue weighted by molar-refractivity contribution is 5.75. The van der Waals surface area contributed by atoms with Crippen LogP contribution >= 0.6 is 0 Å². The second-order valence-corrected chi connectivity index (χ2v) is 5.04. The minimum atomic E-state index is 0.118. The third-order valence-corrected chi connectivity index (χ3v) is 3.30. The van der Waals surface area contributed by atoms with Gasteiger partial charge in [0, 0.05) is 43.3 Å². The quantitative estimate of drug-likeness (QED) is 0.753. The molecule has 0 saturated carbocycles. The number of imidazole rings is 1. The first-order chi connectivity index (χ1) is 9.79. The van der Waals surface area contributed by atoms with E-state index < -0.39 is 0 Å². The first-order valence-corrected chi connectivity index (χ1v) is 7.34. The van der Waals surface area contributed by atoms with E-state index in [9.17, 15) is 4.79 Å². The monoisotopic (exact) mass is 274 g/mol. The lowest BCUT2D eigenvalue weighted by Crippen LogP contribution is -2.22. The molecule has 0 aliphatic heterocycles. The van der Waals surface area contributed by atoms with Crippen molar-refractivity contribution in [2.75, 3.05) is 0 Å². The molecule has 0 fully saturated rings. The normalized spacial score (nSPS) is 10.8. The van der Waals surface area contributed by atoms with Gasteiger partial charge in [-0.25, -0.2) is 9.97 Å². The highest BCUT2D eigenvalue weighted by Gasteiger charge is 2.03. The maximum absolute atomic E-state index is 11.7. The van der Waals surface area contributed by atoms with Crippen LogP contribution < -0.4 is 5.32 Å². The predicted octanol–water partition coefficient (Wildman–Crippen LogP) is 2.71. The summed E-state index contributed by atoms with van der Waals surface area (Å²) in [6.45, 7) is 2.72. The van der Waals surface area contributed by atoms with Crippen molar-refractivity contribution in [2.45, 2.75) is 52.0 Å². The summed E-state index contributed by atoms with van der Waals surface area (Å²) < 4.78 is 1.85. The summed E-state index contributed by atoms with van der Waals surface area (Å²) in [5.74, 6) is 0.795. The number of aromatic nitrogens is 3. The first kappa shape index (κ1) is 14.5. The highest BCUT2D eigenvalue weighted by atomic mass is 16.1. The van der Waals surface area contributed by atoms with Crippen molar-refractivity contribution in [2.24, 2.45) is 0 Å². The van der Waals surface area contributed by atoms with Gasteiger partial charge in [-0.2, -0.15) is 0 Å². The zero-order chi connectivity index (χ0) is 14.2. The van der Waals surface area contributed by atoms with E-state index in [-0.39, 0.29) is 5.91 Å². The molecule has 0 aromatic carbocycles. The lowest BCUT2D eigenvalue weighted by Gasteiger charge is -2.05. The molecule has 20 heavy (non-hydrogen) atoms. The van der Waals surface area contributed by atoms with Crippen molar-refractivity contribution in [3.05, 3.63) is 30.4 Å². The summed E-state index contributed by atoms with van der Waals surface area (Å²) >= 11 is 0. The second-order valence-electron chi connectivity index (χ2n) is 5.04. The number of unbranched alkanes of at least 4 members (excludes halogenated alkanes) is 4. The van der Waals surface area contributed by atoms with Gasteiger partial charge in [0.25, 0.3) is 0 Å². The van der Waals surface area contributed by atoms with Crippen molar-refractivity contribution >= 4 is 11.7 Å². The molecule has 5 nitrogen and oxygen atoms in total. The van der Waals surface area contributed by atoms with Gasteiger partial charge in [-0.05, 0) is 6.42 Å². The fraction of sp³-hybridized carbons (Fsp3) is 0.533. The Bertz CT molecular complexity index is 550. The van der Waals surface area contributed by atoms with Gasteiger partial charge in [0.2, 0.25) is 11.7 Å². The fourth-order valence-electron chi connectivity index (χ4n) is 2.13. The van der Waals surface area contributed by atoms with E-state index in [1.807, 2.05) is 16.8 Å². The molecule has 1 N–H and O–H groups in total. The van der Waals surface area contributed by atoms with Crippen LogP contribution in [0.5, 0.6) is 0 Å². The van der Waals surface area contributed by atoms with E-state index in [1.165, 1.54) is 19.3 Å². The summed E-state index contributed by atoms with van der Waals surface area (Å²) in [6.07, 6.45) is 13.7. The predicted molar refractivity (Wildman–Crippen MR) is 78.2 cm³/mol. The Labute approximate surface area is 119 Å². The Balaban J connectivity index is 1.70. The Kier molecular flexibility index (Phi) is 5.53. The van der Waals surface area contributed by atoms with E-state index in [0.29, 0.717) is 18.7 Å². The van der Waals surface area contributed by atoms with Gasteiger partial charge in [0.05, 0.1) is 0 Å². The molecule has 1 amide bonds. The van der Waals surface area contributed by atoms with Gasteiger partial charge in [0.1, 0.15) is 0 Å². The molecule has 0 saturated heterocycles. The van der Waals surface area contributed by atoms with Crippen LogP contribution in [0.25, 0.3) is 5.78 Å². The molecule has 0 radical (unpaired) electrons. The van der Waals surface area contributed by atoms with E-state index in [4.69, 9.17) is 0 Å². The molecule has 108 valence electrons. The zero-order valence-electron chi connectivity index (χ0n) is 12.0. The Hall–Kier alpha value is -1.91. The number of nitrogens with zero attached hydrogens (tertiary/aromatic N) is 3. The summed E-state index contributed by atoms with van der Waals surface area (Å²) in [6, 6.07) is 0. The second kappa shape index (κ2) is 7.62. The average molecular weight is 274 g/mol. The van der Waals surface area contributed by atoms with Crippen LogP contribution in [0.2, 0.25) is 0 Å². The van der Waals surface area contributed by atoms with Crippen LogP contribution in [0.15, 0.2) is 24.8 Å². The first-order valence-electron chi connectivity index (χ1n) is 7.34. The number of hydrogen-bond acceptors (Lipinski definition) is 3. The molecule has 2 rings (SSSR count). The van der Waals surface area contributed by atoms with E-state index >= 15 is 0 Å². The lowest BCUT2D eigenvalue weighted by molar-refractivity contribution is -0.121. The fourth-order valence-corrected chi connectivity index (χ4v) is 2.13. The SMILES string of the molecule is CCCCCCCC(=O)NCc1cnc2nccn2c1. The molecular weight excluding hydrogens is 252 g/mol. The van der Waals surface area contributed by atoms with Crippen LogP contribution in [0.3, 0.4) is 0 Å². The molecule has 0 aliphatic rings.